The van der Waals surface area contributed by atoms with Crippen LogP contribution >= 0.6 is 0 Å². The fourth-order valence-corrected chi connectivity index (χ4v) is 4.16. The molecule has 138 valence electrons. The minimum atomic E-state index is -1.05. The van der Waals surface area contributed by atoms with E-state index in [9.17, 15) is 9.90 Å². The minimum absolute atomic E-state index is 0.0533. The van der Waals surface area contributed by atoms with Crippen molar-refractivity contribution in [1.82, 2.24) is 9.88 Å². The van der Waals surface area contributed by atoms with E-state index < -0.39 is 5.60 Å². The molecule has 0 radical (unpaired) electrons. The molecular weight excluding hydrogens is 336 g/mol. The highest BCUT2D eigenvalue weighted by Gasteiger charge is 2.42. The lowest BCUT2D eigenvalue weighted by Gasteiger charge is -2.42. The molecule has 2 N–H and O–H groups in total. The molecule has 3 aromatic rings. The number of piperidine rings is 1. The average molecular weight is 360 g/mol. The number of nitrogens with zero attached hydrogens (tertiary/aromatic N) is 1. The quantitative estimate of drug-likeness (QED) is 0.743. The lowest BCUT2D eigenvalue weighted by Crippen LogP contribution is -2.46. The number of amides is 1. The second-order valence-electron chi connectivity index (χ2n) is 7.16. The van der Waals surface area contributed by atoms with Gasteiger partial charge in [0.05, 0.1) is 5.56 Å². The highest BCUT2D eigenvalue weighted by Crippen LogP contribution is 2.42. The van der Waals surface area contributed by atoms with Crippen LogP contribution in [0.2, 0.25) is 0 Å². The van der Waals surface area contributed by atoms with Gasteiger partial charge in [0.25, 0.3) is 5.91 Å². The predicted octanol–water partition coefficient (Wildman–Crippen LogP) is 3.80. The van der Waals surface area contributed by atoms with Crippen molar-refractivity contribution in [3.05, 3.63) is 95.8 Å². The fourth-order valence-electron chi connectivity index (χ4n) is 4.16. The molecule has 2 aromatic carbocycles. The maximum Gasteiger partial charge on any atom is 0.255 e. The number of aromatic nitrogens is 1. The van der Waals surface area contributed by atoms with Crippen LogP contribution in [0.15, 0.2) is 79.1 Å². The summed E-state index contributed by atoms with van der Waals surface area (Å²) in [5.41, 5.74) is 1.46. The van der Waals surface area contributed by atoms with Crippen molar-refractivity contribution in [3.63, 3.8) is 0 Å². The molecule has 1 aromatic heterocycles. The molecule has 1 amide bonds. The zero-order chi connectivity index (χ0) is 18.7. The summed E-state index contributed by atoms with van der Waals surface area (Å²) in [6, 6.07) is 21.6. The Hall–Kier alpha value is -2.85. The number of nitrogens with one attached hydrogen (secondary N) is 1. The highest BCUT2D eigenvalue weighted by atomic mass is 16.3. The standard InChI is InChI=1S/C23H24N2O2/c26-22(18-11-14-24-17-18)25-15-12-21(13-16-25)23(27,19-7-3-1-4-8-19)20-9-5-2-6-10-20/h1-11,14,17,21,24,27H,12-13,15-16H2. The van der Waals surface area contributed by atoms with Gasteiger partial charge in [0, 0.05) is 25.5 Å². The molecule has 27 heavy (non-hydrogen) atoms. The number of benzene rings is 2. The summed E-state index contributed by atoms with van der Waals surface area (Å²) in [7, 11) is 0. The van der Waals surface area contributed by atoms with Crippen molar-refractivity contribution >= 4 is 5.91 Å². The zero-order valence-electron chi connectivity index (χ0n) is 15.2. The summed E-state index contributed by atoms with van der Waals surface area (Å²) in [5, 5.41) is 11.9. The average Bonchev–Trinajstić information content (AvgIpc) is 3.29. The van der Waals surface area contributed by atoms with E-state index in [2.05, 4.69) is 4.98 Å². The lowest BCUT2D eigenvalue weighted by molar-refractivity contribution is -0.0122. The monoisotopic (exact) mass is 360 g/mol. The van der Waals surface area contributed by atoms with Crippen molar-refractivity contribution in [2.75, 3.05) is 13.1 Å². The first-order chi connectivity index (χ1) is 13.2. The van der Waals surface area contributed by atoms with Crippen molar-refractivity contribution in [3.8, 4) is 0 Å². The maximum absolute atomic E-state index is 12.6. The van der Waals surface area contributed by atoms with Crippen LogP contribution in [0.1, 0.15) is 34.3 Å². The van der Waals surface area contributed by atoms with Gasteiger partial charge in [-0.3, -0.25) is 4.79 Å². The van der Waals surface area contributed by atoms with E-state index in [0.29, 0.717) is 18.7 Å². The van der Waals surface area contributed by atoms with Crippen molar-refractivity contribution in [2.24, 2.45) is 5.92 Å². The van der Waals surface area contributed by atoms with Gasteiger partial charge in [0.15, 0.2) is 0 Å². The lowest BCUT2D eigenvalue weighted by atomic mass is 9.72. The van der Waals surface area contributed by atoms with Gasteiger partial charge < -0.3 is 15.0 Å². The highest BCUT2D eigenvalue weighted by molar-refractivity contribution is 5.94. The van der Waals surface area contributed by atoms with Crippen molar-refractivity contribution < 1.29 is 9.90 Å². The van der Waals surface area contributed by atoms with E-state index in [-0.39, 0.29) is 11.8 Å². The second-order valence-corrected chi connectivity index (χ2v) is 7.16. The first-order valence-corrected chi connectivity index (χ1v) is 9.45. The molecule has 1 aliphatic rings. The molecule has 0 spiro atoms. The van der Waals surface area contributed by atoms with E-state index in [0.717, 1.165) is 24.0 Å². The number of likely N-dealkylation sites (tertiary alicyclic amines) is 1. The molecule has 0 atom stereocenters. The van der Waals surface area contributed by atoms with Crippen LogP contribution in [-0.2, 0) is 5.60 Å². The van der Waals surface area contributed by atoms with Crippen LogP contribution in [-0.4, -0.2) is 34.0 Å². The largest absolute Gasteiger partial charge is 0.380 e. The third-order valence-corrected chi connectivity index (χ3v) is 5.65. The Bertz CT molecular complexity index is 828. The third kappa shape index (κ3) is 3.28. The van der Waals surface area contributed by atoms with Gasteiger partial charge in [-0.25, -0.2) is 0 Å². The molecule has 4 rings (SSSR count). The number of hydrogen-bond donors (Lipinski definition) is 2. The Kier molecular flexibility index (Phi) is 4.82. The fraction of sp³-hybridized carbons (Fsp3) is 0.261. The van der Waals surface area contributed by atoms with E-state index >= 15 is 0 Å². The normalized spacial score (nSPS) is 15.7. The second kappa shape index (κ2) is 7.41. The Morgan fingerprint density at radius 3 is 1.96 bits per heavy atom. The number of aromatic amines is 1. The molecular formula is C23H24N2O2. The SMILES string of the molecule is O=C(c1cc[nH]c1)N1CCC(C(O)(c2ccccc2)c2ccccc2)CC1. The molecule has 1 saturated heterocycles. The van der Waals surface area contributed by atoms with E-state index in [4.69, 9.17) is 0 Å². The van der Waals surface area contributed by atoms with Crippen LogP contribution in [0, 0.1) is 5.92 Å². The van der Waals surface area contributed by atoms with Crippen LogP contribution in [0.3, 0.4) is 0 Å². The summed E-state index contributed by atoms with van der Waals surface area (Å²) < 4.78 is 0. The number of H-pyrrole nitrogens is 1. The van der Waals surface area contributed by atoms with Gasteiger partial charge >= 0.3 is 0 Å². The Balaban J connectivity index is 1.59. The number of rotatable bonds is 4. The van der Waals surface area contributed by atoms with E-state index in [1.54, 1.807) is 18.5 Å². The molecule has 2 heterocycles. The van der Waals surface area contributed by atoms with Gasteiger partial charge in [-0.05, 0) is 36.0 Å². The molecule has 0 bridgehead atoms. The number of aliphatic hydroxyl groups is 1. The molecule has 0 aliphatic carbocycles. The van der Waals surface area contributed by atoms with E-state index in [1.807, 2.05) is 65.6 Å². The summed E-state index contributed by atoms with van der Waals surface area (Å²) in [6.45, 7) is 1.30. The van der Waals surface area contributed by atoms with E-state index in [1.165, 1.54) is 0 Å². The van der Waals surface area contributed by atoms with Gasteiger partial charge in [-0.1, -0.05) is 60.7 Å². The van der Waals surface area contributed by atoms with Crippen LogP contribution < -0.4 is 0 Å². The van der Waals surface area contributed by atoms with Crippen LogP contribution in [0.4, 0.5) is 0 Å². The molecule has 1 fully saturated rings. The number of carbonyl (C=O) groups is 1. The Morgan fingerprint density at radius 1 is 0.926 bits per heavy atom. The predicted molar refractivity (Wildman–Crippen MR) is 105 cm³/mol. The van der Waals surface area contributed by atoms with Crippen molar-refractivity contribution in [2.45, 2.75) is 18.4 Å². The zero-order valence-corrected chi connectivity index (χ0v) is 15.2. The molecule has 1 aliphatic heterocycles. The van der Waals surface area contributed by atoms with Gasteiger partial charge in [-0.2, -0.15) is 0 Å². The van der Waals surface area contributed by atoms with Gasteiger partial charge in [0.2, 0.25) is 0 Å². The van der Waals surface area contributed by atoms with Crippen LogP contribution in [0.25, 0.3) is 0 Å². The number of hydrogen-bond acceptors (Lipinski definition) is 2. The molecule has 0 saturated carbocycles. The summed E-state index contributed by atoms with van der Waals surface area (Å²) in [5.74, 6) is 0.107. The smallest absolute Gasteiger partial charge is 0.255 e. The summed E-state index contributed by atoms with van der Waals surface area (Å²) in [4.78, 5) is 17.4. The van der Waals surface area contributed by atoms with Crippen LogP contribution in [0.5, 0.6) is 0 Å². The maximum atomic E-state index is 12.6. The molecule has 4 heteroatoms. The summed E-state index contributed by atoms with van der Waals surface area (Å²) in [6.07, 6.45) is 5.02. The summed E-state index contributed by atoms with van der Waals surface area (Å²) >= 11 is 0. The number of carbonyl (C=O) groups excluding carboxylic acids is 1. The molecule has 0 unspecified atom stereocenters. The first kappa shape index (κ1) is 17.6. The van der Waals surface area contributed by atoms with Crippen molar-refractivity contribution in [1.29, 1.82) is 0 Å². The first-order valence-electron chi connectivity index (χ1n) is 9.45. The molecule has 4 nitrogen and oxygen atoms in total. The third-order valence-electron chi connectivity index (χ3n) is 5.65. The van der Waals surface area contributed by atoms with Gasteiger partial charge in [-0.15, -0.1) is 0 Å². The Morgan fingerprint density at radius 2 is 1.48 bits per heavy atom. The topological polar surface area (TPSA) is 56.3 Å². The van der Waals surface area contributed by atoms with Gasteiger partial charge in [0.1, 0.15) is 5.60 Å². The Labute approximate surface area is 159 Å². The minimum Gasteiger partial charge on any atom is -0.380 e.